The molecule has 1 saturated carbocycles. The van der Waals surface area contributed by atoms with Gasteiger partial charge in [0, 0.05) is 10.7 Å². The summed E-state index contributed by atoms with van der Waals surface area (Å²) in [6, 6.07) is 0. The van der Waals surface area contributed by atoms with Gasteiger partial charge in [0.05, 0.1) is 19.1 Å². The first kappa shape index (κ1) is 12.3. The quantitative estimate of drug-likeness (QED) is 0.618. The molecule has 0 heterocycles. The lowest BCUT2D eigenvalue weighted by molar-refractivity contribution is -0.152. The molecule has 1 fully saturated rings. The number of aliphatic hydroxyl groups is 1. The van der Waals surface area contributed by atoms with Gasteiger partial charge in [0.1, 0.15) is 0 Å². The van der Waals surface area contributed by atoms with Crippen LogP contribution in [-0.4, -0.2) is 35.0 Å². The van der Waals surface area contributed by atoms with Crippen molar-refractivity contribution in [1.82, 2.24) is 0 Å². The summed E-state index contributed by atoms with van der Waals surface area (Å²) >= 11 is 9.32. The Balaban J connectivity index is 2.69. The largest absolute Gasteiger partial charge is 0.469 e. The maximum absolute atomic E-state index is 11.3. The van der Waals surface area contributed by atoms with Gasteiger partial charge in [0.25, 0.3) is 0 Å². The minimum absolute atomic E-state index is 0.0374. The zero-order valence-electron chi connectivity index (χ0n) is 7.95. The normalized spacial score (nSPS) is 38.0. The summed E-state index contributed by atoms with van der Waals surface area (Å²) in [6.45, 7) is 0. The molecule has 4 unspecified atom stereocenters. The van der Waals surface area contributed by atoms with E-state index in [4.69, 9.17) is 11.6 Å². The van der Waals surface area contributed by atoms with Crippen LogP contribution in [0.4, 0.5) is 0 Å². The van der Waals surface area contributed by atoms with Gasteiger partial charge in [0.15, 0.2) is 0 Å². The number of aliphatic hydroxyl groups excluding tert-OH is 1. The highest BCUT2D eigenvalue weighted by atomic mass is 79.9. The van der Waals surface area contributed by atoms with E-state index in [0.717, 1.165) is 6.42 Å². The number of rotatable bonds is 2. The van der Waals surface area contributed by atoms with Crippen LogP contribution in [0, 0.1) is 11.8 Å². The molecule has 1 N–H and O–H groups in total. The monoisotopic (exact) mass is 284 g/mol. The van der Waals surface area contributed by atoms with Crippen molar-refractivity contribution < 1.29 is 14.6 Å². The zero-order chi connectivity index (χ0) is 10.7. The molecule has 4 atom stereocenters. The second-order valence-electron chi connectivity index (χ2n) is 3.60. The van der Waals surface area contributed by atoms with E-state index in [0.29, 0.717) is 11.8 Å². The van der Waals surface area contributed by atoms with Crippen LogP contribution in [0.25, 0.3) is 0 Å². The summed E-state index contributed by atoms with van der Waals surface area (Å²) in [7, 11) is 1.33. The molecule has 1 rings (SSSR count). The highest BCUT2D eigenvalue weighted by Gasteiger charge is 2.39. The van der Waals surface area contributed by atoms with Gasteiger partial charge in [-0.1, -0.05) is 15.9 Å². The molecule has 0 spiro atoms. The second kappa shape index (κ2) is 5.33. The summed E-state index contributed by atoms with van der Waals surface area (Å²) in [4.78, 5) is 11.3. The number of ether oxygens (including phenoxy) is 1. The van der Waals surface area contributed by atoms with E-state index < -0.39 is 12.0 Å². The first-order valence-electron chi connectivity index (χ1n) is 4.56. The van der Waals surface area contributed by atoms with Gasteiger partial charge >= 0.3 is 5.97 Å². The van der Waals surface area contributed by atoms with Crippen molar-refractivity contribution in [3.05, 3.63) is 0 Å². The second-order valence-corrected chi connectivity index (χ2v) is 4.87. The lowest BCUT2D eigenvalue weighted by Gasteiger charge is -2.34. The van der Waals surface area contributed by atoms with Crippen molar-refractivity contribution in [3.8, 4) is 0 Å². The molecule has 5 heteroatoms. The van der Waals surface area contributed by atoms with E-state index in [1.54, 1.807) is 0 Å². The zero-order valence-corrected chi connectivity index (χ0v) is 10.3. The van der Waals surface area contributed by atoms with Crippen molar-refractivity contribution in [2.24, 2.45) is 11.8 Å². The molecule has 0 aromatic carbocycles. The molecular formula is C9H14BrClO3. The number of alkyl halides is 2. The highest BCUT2D eigenvalue weighted by molar-refractivity contribution is 9.09. The van der Waals surface area contributed by atoms with Crippen molar-refractivity contribution in [2.45, 2.75) is 24.3 Å². The number of hydrogen-bond donors (Lipinski definition) is 1. The SMILES string of the molecule is COC(=O)C1CC(Cl)CC(CBr)C1O. The summed E-state index contributed by atoms with van der Waals surface area (Å²) in [5.41, 5.74) is 0. The van der Waals surface area contributed by atoms with Crippen molar-refractivity contribution in [1.29, 1.82) is 0 Å². The molecule has 0 aliphatic heterocycles. The first-order chi connectivity index (χ1) is 6.60. The Morgan fingerprint density at radius 2 is 2.29 bits per heavy atom. The van der Waals surface area contributed by atoms with Crippen LogP contribution in [0.1, 0.15) is 12.8 Å². The van der Waals surface area contributed by atoms with Gasteiger partial charge in [-0.25, -0.2) is 0 Å². The molecule has 82 valence electrons. The van der Waals surface area contributed by atoms with Gasteiger partial charge in [-0.3, -0.25) is 4.79 Å². The third-order valence-electron chi connectivity index (χ3n) is 2.67. The maximum atomic E-state index is 11.3. The van der Waals surface area contributed by atoms with Gasteiger partial charge < -0.3 is 9.84 Å². The van der Waals surface area contributed by atoms with Gasteiger partial charge in [-0.05, 0) is 18.8 Å². The van der Waals surface area contributed by atoms with Crippen LogP contribution in [0.3, 0.4) is 0 Å². The van der Waals surface area contributed by atoms with Gasteiger partial charge in [-0.2, -0.15) is 0 Å². The fraction of sp³-hybridized carbons (Fsp3) is 0.889. The molecule has 0 bridgehead atoms. The van der Waals surface area contributed by atoms with Crippen molar-refractivity contribution >= 4 is 33.5 Å². The Morgan fingerprint density at radius 3 is 2.79 bits per heavy atom. The van der Waals surface area contributed by atoms with E-state index in [2.05, 4.69) is 20.7 Å². The summed E-state index contributed by atoms with van der Waals surface area (Å²) in [5, 5.41) is 10.5. The van der Waals surface area contributed by atoms with E-state index in [1.165, 1.54) is 7.11 Å². The number of esters is 1. The van der Waals surface area contributed by atoms with E-state index in [1.807, 2.05) is 0 Å². The van der Waals surface area contributed by atoms with E-state index in [9.17, 15) is 9.90 Å². The molecule has 1 aliphatic rings. The molecule has 3 nitrogen and oxygen atoms in total. The van der Waals surface area contributed by atoms with E-state index >= 15 is 0 Å². The lowest BCUT2D eigenvalue weighted by Crippen LogP contribution is -2.42. The van der Waals surface area contributed by atoms with Crippen molar-refractivity contribution in [2.75, 3.05) is 12.4 Å². The predicted molar refractivity (Wildman–Crippen MR) is 57.7 cm³/mol. The molecule has 0 saturated heterocycles. The summed E-state index contributed by atoms with van der Waals surface area (Å²) < 4.78 is 4.63. The fourth-order valence-corrected chi connectivity index (χ4v) is 2.92. The summed E-state index contributed by atoms with van der Waals surface area (Å²) in [5.74, 6) is -0.803. The van der Waals surface area contributed by atoms with Crippen LogP contribution >= 0.6 is 27.5 Å². The Morgan fingerprint density at radius 1 is 1.64 bits per heavy atom. The number of halogens is 2. The van der Waals surface area contributed by atoms with Crippen LogP contribution in [-0.2, 0) is 9.53 Å². The van der Waals surface area contributed by atoms with Crippen molar-refractivity contribution in [3.63, 3.8) is 0 Å². The van der Waals surface area contributed by atoms with Crippen LogP contribution < -0.4 is 0 Å². The summed E-state index contributed by atoms with van der Waals surface area (Å²) in [6.07, 6.45) is 0.595. The lowest BCUT2D eigenvalue weighted by atomic mass is 9.79. The Hall–Kier alpha value is 0.200. The molecule has 0 aromatic heterocycles. The predicted octanol–water partition coefficient (Wildman–Crippen LogP) is 1.55. The topological polar surface area (TPSA) is 46.5 Å². The van der Waals surface area contributed by atoms with Crippen LogP contribution in [0.15, 0.2) is 0 Å². The Kier molecular flexibility index (Phi) is 4.67. The fourth-order valence-electron chi connectivity index (χ4n) is 1.85. The number of hydrogen-bond acceptors (Lipinski definition) is 3. The third kappa shape index (κ3) is 2.61. The number of carbonyl (C=O) groups excluding carboxylic acids is 1. The van der Waals surface area contributed by atoms with E-state index in [-0.39, 0.29) is 17.3 Å². The van der Waals surface area contributed by atoms with Crippen LogP contribution in [0.2, 0.25) is 0 Å². The number of methoxy groups -OCH3 is 1. The molecule has 1 aliphatic carbocycles. The third-order valence-corrected chi connectivity index (χ3v) is 3.85. The average molecular weight is 286 g/mol. The number of carbonyl (C=O) groups is 1. The molecule has 0 radical (unpaired) electrons. The minimum Gasteiger partial charge on any atom is -0.469 e. The first-order valence-corrected chi connectivity index (χ1v) is 6.11. The maximum Gasteiger partial charge on any atom is 0.311 e. The van der Waals surface area contributed by atoms with Gasteiger partial charge in [0.2, 0.25) is 0 Å². The molecular weight excluding hydrogens is 271 g/mol. The molecule has 14 heavy (non-hydrogen) atoms. The highest BCUT2D eigenvalue weighted by Crippen LogP contribution is 2.34. The Labute approximate surface area is 96.9 Å². The Bertz CT molecular complexity index is 212. The molecule has 0 aromatic rings. The smallest absolute Gasteiger partial charge is 0.311 e. The van der Waals surface area contributed by atoms with Crippen LogP contribution in [0.5, 0.6) is 0 Å². The van der Waals surface area contributed by atoms with Gasteiger partial charge in [-0.15, -0.1) is 11.6 Å². The standard InChI is InChI=1S/C9H14BrClO3/c1-14-9(13)7-3-6(11)2-5(4-10)8(7)12/h5-8,12H,2-4H2,1H3. The molecule has 0 amide bonds. The minimum atomic E-state index is -0.642. The average Bonchev–Trinajstić information content (AvgIpc) is 2.19.